The van der Waals surface area contributed by atoms with Crippen LogP contribution >= 0.6 is 0 Å². The molecule has 0 aliphatic carbocycles. The number of hydrogen-bond donors (Lipinski definition) is 2. The molecule has 8 bridgehead atoms. The van der Waals surface area contributed by atoms with E-state index in [0.717, 1.165) is 77.6 Å². The van der Waals surface area contributed by atoms with Gasteiger partial charge in [0.05, 0.1) is 5.52 Å². The van der Waals surface area contributed by atoms with Crippen LogP contribution in [0.15, 0.2) is 62.1 Å². The minimum absolute atomic E-state index is 0. The van der Waals surface area contributed by atoms with Crippen molar-refractivity contribution in [2.45, 2.75) is 40.5 Å². The molecule has 5 rings (SSSR count). The maximum atomic E-state index is 9.35. The molecule has 8 nitrogen and oxygen atoms in total. The molecule has 5 aromatic heterocycles. The maximum absolute atomic E-state index is 9.35. The molecule has 0 spiro atoms. The summed E-state index contributed by atoms with van der Waals surface area (Å²) in [5, 5.41) is 18.7. The van der Waals surface area contributed by atoms with E-state index in [0.29, 0.717) is 11.0 Å². The fraction of sp³-hybridized carbons (Fsp3) is 0.162. The fourth-order valence-corrected chi connectivity index (χ4v) is 6.02. The first kappa shape index (κ1) is 39.6. The van der Waals surface area contributed by atoms with Gasteiger partial charge in [0, 0.05) is 39.1 Å². The summed E-state index contributed by atoms with van der Waals surface area (Å²) in [7, 11) is 0. The quantitative estimate of drug-likeness (QED) is 0.0434. The molecular formula is C37H39FeN4O4Y. The van der Waals surface area contributed by atoms with Gasteiger partial charge < -0.3 is 27.2 Å². The predicted octanol–water partition coefficient (Wildman–Crippen LogP) is 7.25. The first-order chi connectivity index (χ1) is 20.9. The fourth-order valence-electron chi connectivity index (χ4n) is 6.02. The number of aryl methyl sites for hydroxylation is 4. The summed E-state index contributed by atoms with van der Waals surface area (Å²) in [6.07, 6.45) is 4.13. The van der Waals surface area contributed by atoms with E-state index in [1.165, 1.54) is 0 Å². The SMILES string of the molecule is C=Cc1c(C)c2cc3c(C=C)[c-](C)c(cc4[n-]c(cc5[c-](CC(=C)OO)c(C)c(cc1[n-]2)[n+]5=C)c(C)c4CC(=C)OO)[n+]3=C.[CH3-].[Fe+3].[Y]. The van der Waals surface area contributed by atoms with Gasteiger partial charge in [-0.15, -0.1) is 29.8 Å². The molecule has 0 saturated heterocycles. The number of hydrogen-bond acceptors (Lipinski definition) is 4. The van der Waals surface area contributed by atoms with Crippen molar-refractivity contribution in [2.75, 3.05) is 0 Å². The van der Waals surface area contributed by atoms with Gasteiger partial charge in [0.15, 0.2) is 0 Å². The Bertz CT molecular complexity index is 2270. The van der Waals surface area contributed by atoms with Gasteiger partial charge in [-0.1, -0.05) is 90.7 Å². The third-order valence-electron chi connectivity index (χ3n) is 8.57. The second-order valence-electron chi connectivity index (χ2n) is 11.0. The topological polar surface area (TPSA) is 98.9 Å². The molecule has 0 aromatic carbocycles. The molecule has 0 unspecified atom stereocenters. The van der Waals surface area contributed by atoms with Gasteiger partial charge in [0.1, 0.15) is 41.5 Å². The summed E-state index contributed by atoms with van der Waals surface area (Å²) >= 11 is 0. The van der Waals surface area contributed by atoms with Crippen LogP contribution in [0.2, 0.25) is 0 Å². The summed E-state index contributed by atoms with van der Waals surface area (Å²) in [6, 6.07) is 7.94. The summed E-state index contributed by atoms with van der Waals surface area (Å²) < 4.78 is 3.70. The minimum atomic E-state index is 0. The van der Waals surface area contributed by atoms with Crippen molar-refractivity contribution >= 4 is 56.3 Å². The van der Waals surface area contributed by atoms with E-state index in [1.54, 1.807) is 0 Å². The van der Waals surface area contributed by atoms with Crippen LogP contribution in [0.3, 0.4) is 0 Å². The van der Waals surface area contributed by atoms with Gasteiger partial charge in [-0.25, -0.2) is 19.0 Å². The average molecular weight is 748 g/mol. The Morgan fingerprint density at radius 1 is 0.830 bits per heavy atom. The van der Waals surface area contributed by atoms with Gasteiger partial charge in [-0.2, -0.15) is 11.0 Å². The molecule has 0 atom stereocenters. The van der Waals surface area contributed by atoms with E-state index < -0.39 is 0 Å². The Morgan fingerprint density at radius 3 is 1.98 bits per heavy atom. The molecule has 47 heavy (non-hydrogen) atoms. The molecule has 5 aromatic rings. The van der Waals surface area contributed by atoms with Crippen molar-refractivity contribution < 1.29 is 78.6 Å². The zero-order valence-corrected chi connectivity index (χ0v) is 31.5. The van der Waals surface area contributed by atoms with Crippen LogP contribution in [0.5, 0.6) is 0 Å². The van der Waals surface area contributed by atoms with Crippen molar-refractivity contribution in [1.29, 1.82) is 0 Å². The van der Waals surface area contributed by atoms with Gasteiger partial charge in [0.25, 0.3) is 0 Å². The summed E-state index contributed by atoms with van der Waals surface area (Å²) in [5.41, 5.74) is 13.5. The molecular weight excluding hydrogens is 709 g/mol. The van der Waals surface area contributed by atoms with Gasteiger partial charge in [-0.3, -0.25) is 0 Å². The normalized spacial score (nSPS) is 10.5. The molecule has 0 aliphatic heterocycles. The number of aromatic nitrogens is 4. The third-order valence-corrected chi connectivity index (χ3v) is 8.57. The number of rotatable bonds is 8. The number of allylic oxidation sites excluding steroid dienone is 2. The molecule has 0 saturated carbocycles. The summed E-state index contributed by atoms with van der Waals surface area (Å²) in [6.45, 7) is 32.6. The van der Waals surface area contributed by atoms with E-state index in [9.17, 15) is 10.5 Å². The van der Waals surface area contributed by atoms with E-state index >= 15 is 0 Å². The molecule has 0 amide bonds. The van der Waals surface area contributed by atoms with E-state index in [-0.39, 0.29) is 81.6 Å². The van der Waals surface area contributed by atoms with Crippen LogP contribution in [-0.4, -0.2) is 10.5 Å². The Hall–Kier alpha value is -3.56. The Morgan fingerprint density at radius 2 is 1.38 bits per heavy atom. The van der Waals surface area contributed by atoms with Crippen LogP contribution < -0.4 is 18.5 Å². The molecule has 5 heterocycles. The zero-order valence-electron chi connectivity index (χ0n) is 27.6. The van der Waals surface area contributed by atoms with Gasteiger partial charge in [0.2, 0.25) is 0 Å². The Labute approximate surface area is 310 Å². The van der Waals surface area contributed by atoms with Gasteiger partial charge in [-0.05, 0) is 31.9 Å². The number of nitrogens with zero attached hydrogens (tertiary/aromatic N) is 4. The molecule has 10 heteroatoms. The average Bonchev–Trinajstić information content (AvgIpc) is 3.61. The monoisotopic (exact) mass is 748 g/mol. The Balaban J connectivity index is 0.00000256. The van der Waals surface area contributed by atoms with Crippen molar-refractivity contribution in [1.82, 2.24) is 9.97 Å². The molecule has 0 aliphatic rings. The van der Waals surface area contributed by atoms with E-state index in [1.807, 2.05) is 72.6 Å². The summed E-state index contributed by atoms with van der Waals surface area (Å²) in [5.74, 6) is 0.377. The van der Waals surface area contributed by atoms with E-state index in [2.05, 4.69) is 49.5 Å². The van der Waals surface area contributed by atoms with Crippen molar-refractivity contribution in [3.63, 3.8) is 0 Å². The first-order valence-electron chi connectivity index (χ1n) is 14.0. The molecule has 2 radical (unpaired) electrons. The van der Waals surface area contributed by atoms with Crippen molar-refractivity contribution in [3.8, 4) is 0 Å². The van der Waals surface area contributed by atoms with Crippen molar-refractivity contribution in [3.05, 3.63) is 127 Å². The van der Waals surface area contributed by atoms with Crippen LogP contribution in [0, 0.1) is 48.6 Å². The molecule has 242 valence electrons. The Kier molecular flexibility index (Phi) is 13.1. The van der Waals surface area contributed by atoms with Crippen LogP contribution in [0.25, 0.3) is 56.3 Å². The minimum Gasteiger partial charge on any atom is -0.676 e. The smallest absolute Gasteiger partial charge is 0.676 e. The second-order valence-corrected chi connectivity index (χ2v) is 11.0. The second kappa shape index (κ2) is 15.6. The summed E-state index contributed by atoms with van der Waals surface area (Å²) in [4.78, 5) is 19.0. The molecule has 0 fully saturated rings. The van der Waals surface area contributed by atoms with Gasteiger partial charge >= 0.3 is 17.1 Å². The first-order valence-corrected chi connectivity index (χ1v) is 14.0. The van der Waals surface area contributed by atoms with Crippen LogP contribution in [-0.2, 0) is 72.4 Å². The largest absolute Gasteiger partial charge is 3.00 e. The van der Waals surface area contributed by atoms with E-state index in [4.69, 9.17) is 9.97 Å². The molecule has 2 N–H and O–H groups in total. The third kappa shape index (κ3) is 6.88. The standard InChI is InChI=1S/C36H36N4O4.CH3.Fe.Y/c1-11-25-21(5)29-15-35-26(12-2)23(7)33(39(35)9)18-32-27(13-19(3)43-41)22(6)30(38-32)16-36-28(14-20(4)44-42)24(8)34(40(36)10)17-31(25)37-29;;;/h11-12,15-18,41-42H,1-4,9-10,13-14H2,5-8H3;1H3;;/q-2;-1;+3;. The maximum Gasteiger partial charge on any atom is 3.00 e. The number of fused-ring (bicyclic) bond motifs is 8. The van der Waals surface area contributed by atoms with Crippen LogP contribution in [0.4, 0.5) is 0 Å². The predicted molar refractivity (Wildman–Crippen MR) is 181 cm³/mol. The zero-order chi connectivity index (χ0) is 32.0. The van der Waals surface area contributed by atoms with Crippen LogP contribution in [0.1, 0.15) is 44.5 Å². The van der Waals surface area contributed by atoms with Crippen molar-refractivity contribution in [2.24, 2.45) is 0 Å².